The molecule has 4 rings (SSSR count). The number of aryl methyl sites for hydroxylation is 1. The second-order valence-electron chi connectivity index (χ2n) is 13.1. The number of nitrogens with two attached hydrogens (primary N) is 1. The molecule has 0 saturated carbocycles. The van der Waals surface area contributed by atoms with Gasteiger partial charge in [-0.05, 0) is 74.4 Å². The van der Waals surface area contributed by atoms with Gasteiger partial charge in [0.25, 0.3) is 0 Å². The van der Waals surface area contributed by atoms with Gasteiger partial charge < -0.3 is 24.5 Å². The van der Waals surface area contributed by atoms with Crippen LogP contribution < -0.4 is 10.6 Å². The lowest BCUT2D eigenvalue weighted by Gasteiger charge is -2.28. The Labute approximate surface area is 249 Å². The number of ether oxygens (including phenoxy) is 3. The smallest absolute Gasteiger partial charge is 0.425 e. The molecule has 2 N–H and O–H groups in total. The van der Waals surface area contributed by atoms with Crippen LogP contribution >= 0.6 is 0 Å². The molecule has 0 atom stereocenters. The summed E-state index contributed by atoms with van der Waals surface area (Å²) in [6.45, 7) is 15.7. The van der Waals surface area contributed by atoms with Gasteiger partial charge in [0.1, 0.15) is 28.8 Å². The number of pyridine rings is 1. The summed E-state index contributed by atoms with van der Waals surface area (Å²) in [4.78, 5) is 53.8. The highest BCUT2D eigenvalue weighted by molar-refractivity contribution is 6.15. The van der Waals surface area contributed by atoms with E-state index in [1.807, 2.05) is 0 Å². The summed E-state index contributed by atoms with van der Waals surface area (Å²) in [6, 6.07) is 3.50. The molecular formula is C30H39N7O6. The van der Waals surface area contributed by atoms with Gasteiger partial charge in [0.15, 0.2) is 11.5 Å². The highest BCUT2D eigenvalue weighted by Crippen LogP contribution is 2.37. The fourth-order valence-electron chi connectivity index (χ4n) is 4.36. The number of aromatic nitrogens is 5. The number of nitrogens with zero attached hydrogens (tertiary/aromatic N) is 6. The van der Waals surface area contributed by atoms with E-state index in [2.05, 4.69) is 15.0 Å². The number of amides is 2. The van der Waals surface area contributed by atoms with Crippen molar-refractivity contribution < 1.29 is 28.6 Å². The predicted molar refractivity (Wildman–Crippen MR) is 162 cm³/mol. The first kappa shape index (κ1) is 31.3. The lowest BCUT2D eigenvalue weighted by Crippen LogP contribution is -2.44. The van der Waals surface area contributed by atoms with Crippen LogP contribution in [0.3, 0.4) is 0 Å². The van der Waals surface area contributed by atoms with E-state index in [1.165, 1.54) is 6.33 Å². The summed E-state index contributed by atoms with van der Waals surface area (Å²) in [5, 5.41) is 0.350. The zero-order valence-corrected chi connectivity index (χ0v) is 26.1. The molecule has 2 amide bonds. The number of carbonyl (C=O) groups is 3. The van der Waals surface area contributed by atoms with Crippen LogP contribution in [0.25, 0.3) is 27.9 Å². The van der Waals surface area contributed by atoms with Crippen molar-refractivity contribution in [3.8, 4) is 11.3 Å². The molecule has 0 radical (unpaired) electrons. The minimum atomic E-state index is -0.973. The lowest BCUT2D eigenvalue weighted by atomic mass is 10.1. The van der Waals surface area contributed by atoms with Crippen molar-refractivity contribution in [1.29, 1.82) is 0 Å². The van der Waals surface area contributed by atoms with E-state index in [9.17, 15) is 14.4 Å². The molecule has 0 aromatic carbocycles. The van der Waals surface area contributed by atoms with Gasteiger partial charge in [0, 0.05) is 30.7 Å². The number of nitrogen functional groups attached to an aromatic ring is 1. The van der Waals surface area contributed by atoms with Gasteiger partial charge >= 0.3 is 18.2 Å². The van der Waals surface area contributed by atoms with E-state index in [0.29, 0.717) is 33.6 Å². The summed E-state index contributed by atoms with van der Waals surface area (Å²) in [5.41, 5.74) is 6.21. The highest BCUT2D eigenvalue weighted by Gasteiger charge is 2.36. The predicted octanol–water partition coefficient (Wildman–Crippen LogP) is 5.74. The number of carbonyl (C=O) groups excluding carboxylic acids is 3. The van der Waals surface area contributed by atoms with E-state index in [1.54, 1.807) is 102 Å². The number of rotatable bonds is 5. The average molecular weight is 594 g/mol. The number of imide groups is 1. The molecule has 0 fully saturated rings. The van der Waals surface area contributed by atoms with Gasteiger partial charge in [-0.15, -0.1) is 0 Å². The molecule has 0 aliphatic carbocycles. The van der Waals surface area contributed by atoms with Gasteiger partial charge in [-0.2, -0.15) is 4.90 Å². The van der Waals surface area contributed by atoms with Gasteiger partial charge in [-0.3, -0.25) is 9.20 Å². The Morgan fingerprint density at radius 3 is 2.02 bits per heavy atom. The van der Waals surface area contributed by atoms with Crippen LogP contribution in [-0.4, -0.2) is 58.9 Å². The molecular weight excluding hydrogens is 554 g/mol. The van der Waals surface area contributed by atoms with E-state index < -0.39 is 29.0 Å². The van der Waals surface area contributed by atoms with Crippen molar-refractivity contribution in [2.45, 2.75) is 92.1 Å². The van der Waals surface area contributed by atoms with Crippen molar-refractivity contribution >= 4 is 46.3 Å². The molecule has 13 nitrogen and oxygen atoms in total. The Hall–Kier alpha value is -4.68. The molecule has 0 saturated heterocycles. The van der Waals surface area contributed by atoms with Crippen molar-refractivity contribution in [3.63, 3.8) is 0 Å². The zero-order valence-electron chi connectivity index (χ0n) is 26.1. The zero-order chi connectivity index (χ0) is 31.9. The van der Waals surface area contributed by atoms with Crippen molar-refractivity contribution in [2.24, 2.45) is 0 Å². The van der Waals surface area contributed by atoms with E-state index in [-0.39, 0.29) is 24.8 Å². The Bertz CT molecular complexity index is 1660. The Morgan fingerprint density at radius 1 is 0.837 bits per heavy atom. The SMILES string of the molecule is CC(C)(C)OC(=O)CCn1cc(-c2ccc(N)c3nccn23)c2c(N(C(=O)OC(C)(C)C)C(=O)OC(C)(C)C)ncnc21. The van der Waals surface area contributed by atoms with Crippen LogP contribution in [-0.2, 0) is 25.5 Å². The summed E-state index contributed by atoms with van der Waals surface area (Å²) >= 11 is 0. The monoisotopic (exact) mass is 593 g/mol. The largest absolute Gasteiger partial charge is 0.460 e. The number of imidazole rings is 1. The van der Waals surface area contributed by atoms with E-state index in [4.69, 9.17) is 19.9 Å². The third-order valence-electron chi connectivity index (χ3n) is 5.83. The molecule has 0 unspecified atom stereocenters. The number of hydrogen-bond donors (Lipinski definition) is 1. The highest BCUT2D eigenvalue weighted by atomic mass is 16.6. The van der Waals surface area contributed by atoms with Crippen molar-refractivity contribution in [2.75, 3.05) is 10.6 Å². The number of esters is 1. The number of fused-ring (bicyclic) bond motifs is 2. The van der Waals surface area contributed by atoms with Crippen LogP contribution in [0, 0.1) is 0 Å². The maximum atomic E-state index is 13.6. The molecule has 4 heterocycles. The van der Waals surface area contributed by atoms with Crippen LogP contribution in [0.1, 0.15) is 68.7 Å². The van der Waals surface area contributed by atoms with Crippen LogP contribution in [0.2, 0.25) is 0 Å². The second-order valence-corrected chi connectivity index (χ2v) is 13.1. The molecule has 4 aromatic heterocycles. The van der Waals surface area contributed by atoms with Gasteiger partial charge in [-0.25, -0.2) is 24.5 Å². The minimum absolute atomic E-state index is 0.0455. The summed E-state index contributed by atoms with van der Waals surface area (Å²) in [7, 11) is 0. The van der Waals surface area contributed by atoms with E-state index in [0.717, 1.165) is 4.90 Å². The van der Waals surface area contributed by atoms with Crippen molar-refractivity contribution in [1.82, 2.24) is 23.9 Å². The minimum Gasteiger partial charge on any atom is -0.460 e. The third kappa shape index (κ3) is 7.22. The summed E-state index contributed by atoms with van der Waals surface area (Å²) in [6.07, 6.45) is 4.47. The first-order chi connectivity index (χ1) is 19.8. The Kier molecular flexibility index (Phi) is 8.14. The van der Waals surface area contributed by atoms with E-state index >= 15 is 0 Å². The number of anilines is 2. The van der Waals surface area contributed by atoms with Crippen LogP contribution in [0.15, 0.2) is 37.1 Å². The third-order valence-corrected chi connectivity index (χ3v) is 5.83. The topological polar surface area (TPSA) is 156 Å². The van der Waals surface area contributed by atoms with Crippen LogP contribution in [0.4, 0.5) is 21.1 Å². The normalized spacial score (nSPS) is 12.4. The molecule has 4 aromatic rings. The summed E-state index contributed by atoms with van der Waals surface area (Å²) in [5.74, 6) is -0.441. The quantitative estimate of drug-likeness (QED) is 0.224. The molecule has 230 valence electrons. The first-order valence-electron chi connectivity index (χ1n) is 13.9. The van der Waals surface area contributed by atoms with Gasteiger partial charge in [0.2, 0.25) is 0 Å². The Morgan fingerprint density at radius 2 is 1.44 bits per heavy atom. The molecule has 0 bridgehead atoms. The average Bonchev–Trinajstić information content (AvgIpc) is 3.46. The standard InChI is InChI=1S/C30H39N7O6/c1-28(2,3)41-21(38)12-14-35-16-18(20-11-10-19(31)23-32-13-15-36(20)23)22-24(35)33-17-34-25(22)37(26(39)42-29(4,5)6)27(40)43-30(7,8)9/h10-11,13,15-17H,12,14,31H2,1-9H3. The van der Waals surface area contributed by atoms with Crippen molar-refractivity contribution in [3.05, 3.63) is 37.1 Å². The van der Waals surface area contributed by atoms with Gasteiger partial charge in [-0.1, -0.05) is 0 Å². The van der Waals surface area contributed by atoms with Crippen LogP contribution in [0.5, 0.6) is 0 Å². The molecule has 13 heteroatoms. The van der Waals surface area contributed by atoms with Gasteiger partial charge in [0.05, 0.1) is 23.2 Å². The molecule has 0 aliphatic heterocycles. The number of hydrogen-bond acceptors (Lipinski definition) is 10. The summed E-state index contributed by atoms with van der Waals surface area (Å²) < 4.78 is 20.3. The maximum Gasteiger partial charge on any atom is 0.425 e. The molecule has 0 aliphatic rings. The molecule has 43 heavy (non-hydrogen) atoms. The molecule has 0 spiro atoms. The fraction of sp³-hybridized carbons (Fsp3) is 0.467. The first-order valence-corrected chi connectivity index (χ1v) is 13.9. The second kappa shape index (κ2) is 11.2. The lowest BCUT2D eigenvalue weighted by molar-refractivity contribution is -0.155. The fourth-order valence-corrected chi connectivity index (χ4v) is 4.36. The Balaban J connectivity index is 1.96. The maximum absolute atomic E-state index is 13.6.